The molecule has 4 nitrogen and oxygen atoms in total. The van der Waals surface area contributed by atoms with Crippen molar-refractivity contribution in [3.8, 4) is 11.3 Å². The summed E-state index contributed by atoms with van der Waals surface area (Å²) >= 11 is 0. The van der Waals surface area contributed by atoms with Crippen LogP contribution in [-0.4, -0.2) is 17.6 Å². The van der Waals surface area contributed by atoms with Gasteiger partial charge in [0.1, 0.15) is 11.6 Å². The van der Waals surface area contributed by atoms with Gasteiger partial charge in [-0.15, -0.1) is 0 Å². The van der Waals surface area contributed by atoms with Gasteiger partial charge >= 0.3 is 0 Å². The summed E-state index contributed by atoms with van der Waals surface area (Å²) < 4.78 is 18.5. The fraction of sp³-hybridized carbons (Fsp3) is 0.227. The van der Waals surface area contributed by atoms with Crippen molar-refractivity contribution in [2.75, 3.05) is 6.54 Å². The van der Waals surface area contributed by atoms with Crippen LogP contribution in [0.3, 0.4) is 0 Å². The molecule has 2 N–H and O–H groups in total. The summed E-state index contributed by atoms with van der Waals surface area (Å²) in [5.41, 5.74) is 1.88. The molecule has 1 atom stereocenters. The molecule has 0 unspecified atom stereocenters. The third-order valence-corrected chi connectivity index (χ3v) is 5.14. The molecule has 0 spiro atoms. The number of benzene rings is 2. The third kappa shape index (κ3) is 3.51. The number of hydrogen-bond donors (Lipinski definition) is 2. The monoisotopic (exact) mass is 365 g/mol. The summed E-state index contributed by atoms with van der Waals surface area (Å²) in [5, 5.41) is 13.2. The zero-order valence-corrected chi connectivity index (χ0v) is 14.7. The number of rotatable bonds is 6. The second-order valence-electron chi connectivity index (χ2n) is 6.91. The molecule has 1 aliphatic rings. The number of aliphatic hydroxyl groups is 1. The normalized spacial score (nSPS) is 15.9. The molecule has 1 fully saturated rings. The van der Waals surface area contributed by atoms with Crippen LogP contribution in [0.5, 0.6) is 0 Å². The van der Waals surface area contributed by atoms with Crippen molar-refractivity contribution in [3.63, 3.8) is 0 Å². The molecule has 1 saturated carbocycles. The maximum Gasteiger partial charge on any atom is 0.230 e. The standard InChI is InChI=1S/C22H20FNO3/c23-18-9-7-17(8-10-18)22(11-12-22)21(26)24-14-19(25)15-3-5-16(6-4-15)20-2-1-13-27-20/h1-10,13,19,25H,11-12,14H2,(H,24,26)/t19-/m1/s1. The van der Waals surface area contributed by atoms with Gasteiger partial charge in [0.25, 0.3) is 0 Å². The van der Waals surface area contributed by atoms with Crippen LogP contribution in [-0.2, 0) is 10.2 Å². The van der Waals surface area contributed by atoms with Crippen LogP contribution in [0.2, 0.25) is 0 Å². The molecule has 0 aliphatic heterocycles. The van der Waals surface area contributed by atoms with Gasteiger partial charge in [-0.05, 0) is 48.2 Å². The molecule has 3 aromatic rings. The quantitative estimate of drug-likeness (QED) is 0.695. The average molecular weight is 365 g/mol. The second kappa shape index (κ2) is 7.00. The summed E-state index contributed by atoms with van der Waals surface area (Å²) in [6, 6.07) is 17.1. The molecule has 1 heterocycles. The Morgan fingerprint density at radius 3 is 2.41 bits per heavy atom. The Balaban J connectivity index is 1.38. The first-order chi connectivity index (χ1) is 13.1. The van der Waals surface area contributed by atoms with E-state index in [9.17, 15) is 14.3 Å². The van der Waals surface area contributed by atoms with Crippen molar-refractivity contribution < 1.29 is 18.7 Å². The van der Waals surface area contributed by atoms with Crippen molar-refractivity contribution in [2.45, 2.75) is 24.4 Å². The first-order valence-corrected chi connectivity index (χ1v) is 8.95. The molecular formula is C22H20FNO3. The molecule has 27 heavy (non-hydrogen) atoms. The number of carbonyl (C=O) groups excluding carboxylic acids is 1. The molecular weight excluding hydrogens is 345 g/mol. The van der Waals surface area contributed by atoms with Crippen molar-refractivity contribution in [3.05, 3.63) is 83.9 Å². The molecule has 5 heteroatoms. The lowest BCUT2D eigenvalue weighted by molar-refractivity contribution is -0.124. The van der Waals surface area contributed by atoms with E-state index >= 15 is 0 Å². The highest BCUT2D eigenvalue weighted by molar-refractivity contribution is 5.91. The van der Waals surface area contributed by atoms with E-state index in [0.29, 0.717) is 0 Å². The van der Waals surface area contributed by atoms with E-state index in [1.54, 1.807) is 18.4 Å². The molecule has 2 aromatic carbocycles. The molecule has 1 aliphatic carbocycles. The zero-order chi connectivity index (χ0) is 18.9. The number of halogens is 1. The molecule has 0 radical (unpaired) electrons. The first-order valence-electron chi connectivity index (χ1n) is 8.95. The topological polar surface area (TPSA) is 62.5 Å². The minimum Gasteiger partial charge on any atom is -0.464 e. The highest BCUT2D eigenvalue weighted by Crippen LogP contribution is 2.48. The maximum atomic E-state index is 13.1. The van der Waals surface area contributed by atoms with Gasteiger partial charge in [-0.3, -0.25) is 4.79 Å². The van der Waals surface area contributed by atoms with Gasteiger partial charge in [-0.1, -0.05) is 36.4 Å². The highest BCUT2D eigenvalue weighted by Gasteiger charge is 2.51. The number of hydrogen-bond acceptors (Lipinski definition) is 3. The van der Waals surface area contributed by atoms with Gasteiger partial charge in [0.2, 0.25) is 5.91 Å². The van der Waals surface area contributed by atoms with Crippen LogP contribution in [0.25, 0.3) is 11.3 Å². The molecule has 4 rings (SSSR count). The van der Waals surface area contributed by atoms with E-state index in [1.807, 2.05) is 36.4 Å². The Morgan fingerprint density at radius 2 is 1.81 bits per heavy atom. The van der Waals surface area contributed by atoms with Gasteiger partial charge < -0.3 is 14.8 Å². The maximum absolute atomic E-state index is 13.1. The average Bonchev–Trinajstić information content (AvgIpc) is 3.32. The number of nitrogens with one attached hydrogen (secondary N) is 1. The highest BCUT2D eigenvalue weighted by atomic mass is 19.1. The zero-order valence-electron chi connectivity index (χ0n) is 14.7. The lowest BCUT2D eigenvalue weighted by Gasteiger charge is -2.18. The molecule has 1 amide bonds. The van der Waals surface area contributed by atoms with E-state index in [4.69, 9.17) is 4.42 Å². The summed E-state index contributed by atoms with van der Waals surface area (Å²) in [6.45, 7) is 0.127. The van der Waals surface area contributed by atoms with Crippen molar-refractivity contribution in [2.24, 2.45) is 0 Å². The second-order valence-corrected chi connectivity index (χ2v) is 6.91. The van der Waals surface area contributed by atoms with Gasteiger partial charge in [0, 0.05) is 12.1 Å². The van der Waals surface area contributed by atoms with Crippen LogP contribution >= 0.6 is 0 Å². The molecule has 138 valence electrons. The fourth-order valence-corrected chi connectivity index (χ4v) is 3.33. The SMILES string of the molecule is O=C(NC[C@@H](O)c1ccc(-c2ccco2)cc1)C1(c2ccc(F)cc2)CC1. The smallest absolute Gasteiger partial charge is 0.230 e. The third-order valence-electron chi connectivity index (χ3n) is 5.14. The minimum atomic E-state index is -0.802. The van der Waals surface area contributed by atoms with Crippen molar-refractivity contribution in [1.29, 1.82) is 0 Å². The van der Waals surface area contributed by atoms with E-state index in [1.165, 1.54) is 12.1 Å². The van der Waals surface area contributed by atoms with Crippen LogP contribution in [0.4, 0.5) is 4.39 Å². The summed E-state index contributed by atoms with van der Waals surface area (Å²) in [5.74, 6) is 0.322. The Kier molecular flexibility index (Phi) is 4.54. The predicted molar refractivity (Wildman–Crippen MR) is 99.4 cm³/mol. The van der Waals surface area contributed by atoms with E-state index < -0.39 is 11.5 Å². The lowest BCUT2D eigenvalue weighted by Crippen LogP contribution is -2.37. The van der Waals surface area contributed by atoms with Crippen molar-refractivity contribution >= 4 is 5.91 Å². The van der Waals surface area contributed by atoms with E-state index in [0.717, 1.165) is 35.3 Å². The fourth-order valence-electron chi connectivity index (χ4n) is 3.33. The number of amides is 1. The van der Waals surface area contributed by atoms with Crippen LogP contribution < -0.4 is 5.32 Å². The Bertz CT molecular complexity index is 913. The van der Waals surface area contributed by atoms with Crippen LogP contribution in [0.15, 0.2) is 71.3 Å². The minimum absolute atomic E-state index is 0.125. The van der Waals surface area contributed by atoms with Crippen LogP contribution in [0, 0.1) is 5.82 Å². The first kappa shape index (κ1) is 17.5. The van der Waals surface area contributed by atoms with Gasteiger partial charge in [-0.25, -0.2) is 4.39 Å². The number of furan rings is 1. The van der Waals surface area contributed by atoms with E-state index in [2.05, 4.69) is 5.32 Å². The predicted octanol–water partition coefficient (Wildman–Crippen LogP) is 3.97. The Hall–Kier alpha value is -2.92. The summed E-state index contributed by atoms with van der Waals surface area (Å²) in [7, 11) is 0. The van der Waals surface area contributed by atoms with Crippen molar-refractivity contribution in [1.82, 2.24) is 5.32 Å². The van der Waals surface area contributed by atoms with Gasteiger partial charge in [0.15, 0.2) is 0 Å². The van der Waals surface area contributed by atoms with Gasteiger partial charge in [-0.2, -0.15) is 0 Å². The number of aliphatic hydroxyl groups excluding tert-OH is 1. The van der Waals surface area contributed by atoms with Gasteiger partial charge in [0.05, 0.1) is 17.8 Å². The molecule has 0 saturated heterocycles. The Morgan fingerprint density at radius 1 is 1.11 bits per heavy atom. The van der Waals surface area contributed by atoms with Crippen LogP contribution in [0.1, 0.15) is 30.1 Å². The lowest BCUT2D eigenvalue weighted by atomic mass is 9.95. The summed E-state index contributed by atoms with van der Waals surface area (Å²) in [6.07, 6.45) is 2.28. The summed E-state index contributed by atoms with van der Waals surface area (Å²) in [4.78, 5) is 12.6. The molecule has 1 aromatic heterocycles. The molecule has 0 bridgehead atoms. The van der Waals surface area contributed by atoms with E-state index in [-0.39, 0.29) is 18.3 Å². The Labute approximate surface area is 156 Å². The number of carbonyl (C=O) groups is 1. The largest absolute Gasteiger partial charge is 0.464 e.